The molecule has 0 aliphatic carbocycles. The van der Waals surface area contributed by atoms with E-state index < -0.39 is 18.1 Å². The van der Waals surface area contributed by atoms with E-state index in [1.165, 1.54) is 13.0 Å². The van der Waals surface area contributed by atoms with Gasteiger partial charge >= 0.3 is 5.97 Å². The maximum absolute atomic E-state index is 11.0. The quantitative estimate of drug-likeness (QED) is 0.366. The molecule has 1 amide bonds. The van der Waals surface area contributed by atoms with Crippen LogP contribution in [-0.4, -0.2) is 29.8 Å². The summed E-state index contributed by atoms with van der Waals surface area (Å²) in [6, 6.07) is 0. The molecule has 1 atom stereocenters. The maximum Gasteiger partial charge on any atom is 0.354 e. The van der Waals surface area contributed by atoms with Crippen molar-refractivity contribution in [3.8, 4) is 0 Å². The van der Waals surface area contributed by atoms with Gasteiger partial charge in [0.25, 0.3) is 0 Å². The van der Waals surface area contributed by atoms with Gasteiger partial charge in [-0.2, -0.15) is 0 Å². The Labute approximate surface area is 82.1 Å². The second-order valence-corrected chi connectivity index (χ2v) is 2.59. The first kappa shape index (κ1) is 12.4. The lowest BCUT2D eigenvalue weighted by molar-refractivity contribution is -0.154. The lowest BCUT2D eigenvalue weighted by atomic mass is 10.3. The van der Waals surface area contributed by atoms with Crippen molar-refractivity contribution < 1.29 is 19.4 Å². The molecule has 78 valence electrons. The number of carbonyl (C=O) groups excluding carboxylic acids is 1. The summed E-state index contributed by atoms with van der Waals surface area (Å²) in [5, 5.41) is 10.8. The van der Waals surface area contributed by atoms with Crippen LogP contribution in [0.2, 0.25) is 0 Å². The van der Waals surface area contributed by atoms with Crippen LogP contribution in [0, 0.1) is 0 Å². The minimum atomic E-state index is -1.36. The van der Waals surface area contributed by atoms with Gasteiger partial charge in [-0.05, 0) is 6.92 Å². The highest BCUT2D eigenvalue weighted by Crippen LogP contribution is 1.93. The molecule has 0 radical (unpaired) electrons. The number of nitrogens with one attached hydrogen (secondary N) is 1. The zero-order valence-corrected chi connectivity index (χ0v) is 7.95. The summed E-state index contributed by atoms with van der Waals surface area (Å²) in [5.74, 6) is -1.82. The van der Waals surface area contributed by atoms with Gasteiger partial charge < -0.3 is 15.2 Å². The molecule has 5 nitrogen and oxygen atoms in total. The van der Waals surface area contributed by atoms with Crippen molar-refractivity contribution in [1.29, 1.82) is 0 Å². The second-order valence-electron chi connectivity index (χ2n) is 2.59. The number of aliphatic carboxylic acids is 1. The number of rotatable bonds is 6. The van der Waals surface area contributed by atoms with Crippen LogP contribution in [0.3, 0.4) is 0 Å². The van der Waals surface area contributed by atoms with Crippen LogP contribution in [0.4, 0.5) is 0 Å². The summed E-state index contributed by atoms with van der Waals surface area (Å²) >= 11 is 0. The van der Waals surface area contributed by atoms with Crippen molar-refractivity contribution in [1.82, 2.24) is 5.32 Å². The predicted molar refractivity (Wildman–Crippen MR) is 50.5 cm³/mol. The molecule has 0 bridgehead atoms. The van der Waals surface area contributed by atoms with Crippen molar-refractivity contribution in [2.75, 3.05) is 6.61 Å². The summed E-state index contributed by atoms with van der Waals surface area (Å²) in [6.45, 7) is 8.25. The van der Waals surface area contributed by atoms with Gasteiger partial charge in [0.1, 0.15) is 0 Å². The maximum atomic E-state index is 11.0. The minimum Gasteiger partial charge on any atom is -0.478 e. The Morgan fingerprint density at radius 2 is 2.21 bits per heavy atom. The third kappa shape index (κ3) is 4.42. The summed E-state index contributed by atoms with van der Waals surface area (Å²) in [7, 11) is 0. The van der Waals surface area contributed by atoms with Crippen LogP contribution in [0.5, 0.6) is 0 Å². The highest BCUT2D eigenvalue weighted by atomic mass is 16.5. The summed E-state index contributed by atoms with van der Waals surface area (Å²) in [6.07, 6.45) is 0.0280. The average Bonchev–Trinajstić information content (AvgIpc) is 2.10. The molecule has 5 heteroatoms. The summed E-state index contributed by atoms with van der Waals surface area (Å²) < 4.78 is 4.78. The van der Waals surface area contributed by atoms with Crippen LogP contribution < -0.4 is 5.32 Å². The van der Waals surface area contributed by atoms with Crippen molar-refractivity contribution >= 4 is 11.9 Å². The Hall–Kier alpha value is -1.62. The van der Waals surface area contributed by atoms with Crippen LogP contribution in [0.15, 0.2) is 24.8 Å². The van der Waals surface area contributed by atoms with E-state index in [2.05, 4.69) is 18.5 Å². The Kier molecular flexibility index (Phi) is 5.24. The van der Waals surface area contributed by atoms with Crippen molar-refractivity contribution in [3.05, 3.63) is 24.8 Å². The molecule has 0 aromatic rings. The zero-order chi connectivity index (χ0) is 11.1. The van der Waals surface area contributed by atoms with Gasteiger partial charge in [-0.1, -0.05) is 12.7 Å². The molecule has 14 heavy (non-hydrogen) atoms. The molecule has 0 aromatic heterocycles. The average molecular weight is 199 g/mol. The topological polar surface area (TPSA) is 75.6 Å². The Morgan fingerprint density at radius 3 is 2.57 bits per heavy atom. The second kappa shape index (κ2) is 5.93. The van der Waals surface area contributed by atoms with E-state index >= 15 is 0 Å². The number of amides is 1. The van der Waals surface area contributed by atoms with Crippen molar-refractivity contribution in [3.63, 3.8) is 0 Å². The van der Waals surface area contributed by atoms with Crippen LogP contribution in [0.1, 0.15) is 6.92 Å². The molecular weight excluding hydrogens is 186 g/mol. The summed E-state index contributed by atoms with van der Waals surface area (Å²) in [4.78, 5) is 21.6. The van der Waals surface area contributed by atoms with Crippen LogP contribution in [-0.2, 0) is 14.3 Å². The number of carboxylic acid groups (broad SMARTS) is 1. The SMILES string of the molecule is C=CCOC(NC(=O)C(=C)C)C(=O)O. The number of carboxylic acids is 1. The Morgan fingerprint density at radius 1 is 1.64 bits per heavy atom. The van der Waals surface area contributed by atoms with Gasteiger partial charge in [0.15, 0.2) is 0 Å². The van der Waals surface area contributed by atoms with E-state index in [1.54, 1.807) is 0 Å². The molecule has 2 N–H and O–H groups in total. The fourth-order valence-electron chi connectivity index (χ4n) is 0.581. The first-order chi connectivity index (χ1) is 6.49. The zero-order valence-electron chi connectivity index (χ0n) is 7.95. The van der Waals surface area contributed by atoms with Gasteiger partial charge in [-0.15, -0.1) is 6.58 Å². The third-order valence-corrected chi connectivity index (χ3v) is 1.25. The van der Waals surface area contributed by atoms with E-state index in [0.717, 1.165) is 0 Å². The van der Waals surface area contributed by atoms with Gasteiger partial charge in [0.2, 0.25) is 12.1 Å². The van der Waals surface area contributed by atoms with Crippen LogP contribution in [0.25, 0.3) is 0 Å². The van der Waals surface area contributed by atoms with Crippen LogP contribution >= 0.6 is 0 Å². The first-order valence-electron chi connectivity index (χ1n) is 3.90. The van der Waals surface area contributed by atoms with E-state index in [1.807, 2.05) is 0 Å². The Balaban J connectivity index is 4.22. The molecular formula is C9H13NO4. The van der Waals surface area contributed by atoms with E-state index in [9.17, 15) is 9.59 Å². The highest BCUT2D eigenvalue weighted by molar-refractivity contribution is 5.94. The molecule has 0 rings (SSSR count). The predicted octanol–water partition coefficient (Wildman–Crippen LogP) is 0.292. The molecule has 0 aliphatic heterocycles. The normalized spacial score (nSPS) is 11.5. The number of carbonyl (C=O) groups is 2. The molecule has 0 saturated carbocycles. The monoisotopic (exact) mass is 199 g/mol. The molecule has 0 fully saturated rings. The fourth-order valence-corrected chi connectivity index (χ4v) is 0.581. The number of hydrogen-bond donors (Lipinski definition) is 2. The summed E-state index contributed by atoms with van der Waals surface area (Å²) in [5.41, 5.74) is 0.221. The first-order valence-corrected chi connectivity index (χ1v) is 3.90. The molecule has 0 aliphatic rings. The third-order valence-electron chi connectivity index (χ3n) is 1.25. The van der Waals surface area contributed by atoms with Crippen molar-refractivity contribution in [2.45, 2.75) is 13.2 Å². The molecule has 0 saturated heterocycles. The molecule has 0 heterocycles. The number of hydrogen-bond acceptors (Lipinski definition) is 3. The van der Waals surface area contributed by atoms with Gasteiger partial charge in [0.05, 0.1) is 6.61 Å². The fraction of sp³-hybridized carbons (Fsp3) is 0.333. The van der Waals surface area contributed by atoms with Gasteiger partial charge in [-0.3, -0.25) is 4.79 Å². The minimum absolute atomic E-state index is 0.0490. The van der Waals surface area contributed by atoms with E-state index in [-0.39, 0.29) is 12.2 Å². The molecule has 0 aromatic carbocycles. The largest absolute Gasteiger partial charge is 0.478 e. The number of ether oxygens (including phenoxy) is 1. The highest BCUT2D eigenvalue weighted by Gasteiger charge is 2.19. The lowest BCUT2D eigenvalue weighted by Gasteiger charge is -2.13. The molecule has 0 spiro atoms. The van der Waals surface area contributed by atoms with Gasteiger partial charge in [0, 0.05) is 5.57 Å². The standard InChI is InChI=1S/C9H13NO4/c1-4-5-14-8(9(12)13)10-7(11)6(2)3/h4,8H,1-2,5H2,3H3,(H,10,11)(H,12,13). The van der Waals surface area contributed by atoms with Crippen molar-refractivity contribution in [2.24, 2.45) is 0 Å². The van der Waals surface area contributed by atoms with Gasteiger partial charge in [-0.25, -0.2) is 4.79 Å². The smallest absolute Gasteiger partial charge is 0.354 e. The van der Waals surface area contributed by atoms with E-state index in [0.29, 0.717) is 0 Å². The Bertz CT molecular complexity index is 260. The van der Waals surface area contributed by atoms with E-state index in [4.69, 9.17) is 9.84 Å². The molecule has 1 unspecified atom stereocenters. The lowest BCUT2D eigenvalue weighted by Crippen LogP contribution is -2.43.